The van der Waals surface area contributed by atoms with Crippen LogP contribution in [0.15, 0.2) is 54.6 Å². The molecule has 0 bridgehead atoms. The number of nitrogens with one attached hydrogen (secondary N) is 2. The van der Waals surface area contributed by atoms with Crippen LogP contribution in [0.5, 0.6) is 0 Å². The normalized spacial score (nSPS) is 11.4. The predicted molar refractivity (Wildman–Crippen MR) is 107 cm³/mol. The molecule has 0 radical (unpaired) electrons. The zero-order chi connectivity index (χ0) is 20.4. The summed E-state index contributed by atoms with van der Waals surface area (Å²) >= 11 is 5.79. The number of hydrogen-bond acceptors (Lipinski definition) is 4. The first-order valence-corrected chi connectivity index (χ1v) is 9.32. The first-order valence-electron chi connectivity index (χ1n) is 8.94. The first kappa shape index (κ1) is 21.4. The molecule has 0 heterocycles. The maximum absolute atomic E-state index is 12.2. The van der Waals surface area contributed by atoms with Gasteiger partial charge in [-0.3, -0.25) is 9.59 Å². The Bertz CT molecular complexity index is 794. The Kier molecular flexibility index (Phi) is 8.49. The molecule has 7 heteroatoms. The van der Waals surface area contributed by atoms with Gasteiger partial charge in [0, 0.05) is 30.0 Å². The highest BCUT2D eigenvalue weighted by Gasteiger charge is 2.21. The van der Waals surface area contributed by atoms with Crippen LogP contribution in [0.3, 0.4) is 0 Å². The largest absolute Gasteiger partial charge is 0.467 e. The third-order valence-electron chi connectivity index (χ3n) is 4.08. The van der Waals surface area contributed by atoms with Crippen molar-refractivity contribution < 1.29 is 19.1 Å². The average Bonchev–Trinajstić information content (AvgIpc) is 2.71. The van der Waals surface area contributed by atoms with Gasteiger partial charge in [-0.2, -0.15) is 0 Å². The Balaban J connectivity index is 1.76. The van der Waals surface area contributed by atoms with Gasteiger partial charge in [-0.1, -0.05) is 41.9 Å². The van der Waals surface area contributed by atoms with Crippen molar-refractivity contribution in [3.63, 3.8) is 0 Å². The number of ether oxygens (including phenoxy) is 1. The minimum absolute atomic E-state index is 0.184. The summed E-state index contributed by atoms with van der Waals surface area (Å²) in [5.74, 6) is -0.992. The molecule has 1 unspecified atom stereocenters. The van der Waals surface area contributed by atoms with E-state index in [1.54, 1.807) is 24.3 Å². The van der Waals surface area contributed by atoms with Gasteiger partial charge in [0.05, 0.1) is 7.11 Å². The number of amides is 2. The molecule has 2 N–H and O–H groups in total. The van der Waals surface area contributed by atoms with E-state index in [4.69, 9.17) is 16.3 Å². The standard InChI is InChI=1S/C21H23ClN2O4/c1-28-21(27)18(14-15-6-3-2-4-7-15)24-19(25)8-5-13-23-20(26)16-9-11-17(22)12-10-16/h2-4,6-7,9-12,18H,5,8,13-14H2,1H3,(H,23,26)(H,24,25). The van der Waals surface area contributed by atoms with E-state index in [0.29, 0.717) is 30.0 Å². The second kappa shape index (κ2) is 11.1. The fourth-order valence-corrected chi connectivity index (χ4v) is 2.73. The van der Waals surface area contributed by atoms with Crippen molar-refractivity contribution >= 4 is 29.4 Å². The van der Waals surface area contributed by atoms with E-state index in [1.165, 1.54) is 7.11 Å². The smallest absolute Gasteiger partial charge is 0.328 e. The number of carbonyl (C=O) groups is 3. The SMILES string of the molecule is COC(=O)C(Cc1ccccc1)NC(=O)CCCNC(=O)c1ccc(Cl)cc1. The Morgan fingerprint density at radius 2 is 1.71 bits per heavy atom. The van der Waals surface area contributed by atoms with E-state index in [9.17, 15) is 14.4 Å². The van der Waals surface area contributed by atoms with Gasteiger partial charge in [-0.25, -0.2) is 4.79 Å². The number of hydrogen-bond donors (Lipinski definition) is 2. The highest BCUT2D eigenvalue weighted by atomic mass is 35.5. The second-order valence-electron chi connectivity index (χ2n) is 6.20. The van der Waals surface area contributed by atoms with Gasteiger partial charge in [0.15, 0.2) is 0 Å². The summed E-state index contributed by atoms with van der Waals surface area (Å²) in [6.07, 6.45) is 0.986. The van der Waals surface area contributed by atoms with Crippen molar-refractivity contribution in [1.29, 1.82) is 0 Å². The molecule has 0 aliphatic heterocycles. The van der Waals surface area contributed by atoms with Crippen LogP contribution in [0.25, 0.3) is 0 Å². The van der Waals surface area contributed by atoms with Crippen LogP contribution in [0.4, 0.5) is 0 Å². The molecule has 2 amide bonds. The third kappa shape index (κ3) is 7.04. The molecular formula is C21H23ClN2O4. The van der Waals surface area contributed by atoms with Crippen molar-refractivity contribution in [1.82, 2.24) is 10.6 Å². The highest BCUT2D eigenvalue weighted by Crippen LogP contribution is 2.09. The van der Waals surface area contributed by atoms with Crippen LogP contribution in [0.1, 0.15) is 28.8 Å². The van der Waals surface area contributed by atoms with E-state index >= 15 is 0 Å². The van der Waals surface area contributed by atoms with Gasteiger partial charge in [0.1, 0.15) is 6.04 Å². The van der Waals surface area contributed by atoms with Crippen molar-refractivity contribution in [2.24, 2.45) is 0 Å². The lowest BCUT2D eigenvalue weighted by Crippen LogP contribution is -2.43. The summed E-state index contributed by atoms with van der Waals surface area (Å²) in [5.41, 5.74) is 1.43. The first-order chi connectivity index (χ1) is 13.5. The lowest BCUT2D eigenvalue weighted by Gasteiger charge is -2.16. The highest BCUT2D eigenvalue weighted by molar-refractivity contribution is 6.30. The molecule has 0 spiro atoms. The summed E-state index contributed by atoms with van der Waals surface area (Å²) in [4.78, 5) is 36.1. The lowest BCUT2D eigenvalue weighted by molar-refractivity contribution is -0.145. The summed E-state index contributed by atoms with van der Waals surface area (Å²) in [6, 6.07) is 15.2. The predicted octanol–water partition coefficient (Wildman–Crippen LogP) is 2.75. The minimum Gasteiger partial charge on any atom is -0.467 e. The maximum Gasteiger partial charge on any atom is 0.328 e. The van der Waals surface area contributed by atoms with Crippen molar-refractivity contribution in [3.8, 4) is 0 Å². The Labute approximate surface area is 169 Å². The minimum atomic E-state index is -0.747. The van der Waals surface area contributed by atoms with Crippen LogP contribution < -0.4 is 10.6 Å². The van der Waals surface area contributed by atoms with Crippen LogP contribution in [-0.2, 0) is 20.7 Å². The van der Waals surface area contributed by atoms with Gasteiger partial charge in [0.25, 0.3) is 5.91 Å². The molecule has 0 aliphatic carbocycles. The van der Waals surface area contributed by atoms with E-state index < -0.39 is 12.0 Å². The molecular weight excluding hydrogens is 380 g/mol. The summed E-state index contributed by atoms with van der Waals surface area (Å²) in [6.45, 7) is 0.344. The van der Waals surface area contributed by atoms with Crippen LogP contribution in [0.2, 0.25) is 5.02 Å². The van der Waals surface area contributed by atoms with E-state index in [1.807, 2.05) is 30.3 Å². The number of methoxy groups -OCH3 is 1. The topological polar surface area (TPSA) is 84.5 Å². The zero-order valence-electron chi connectivity index (χ0n) is 15.6. The van der Waals surface area contributed by atoms with Crippen LogP contribution >= 0.6 is 11.6 Å². The van der Waals surface area contributed by atoms with Crippen LogP contribution in [-0.4, -0.2) is 37.5 Å². The van der Waals surface area contributed by atoms with Crippen molar-refractivity contribution in [2.45, 2.75) is 25.3 Å². The van der Waals surface area contributed by atoms with Crippen LogP contribution in [0, 0.1) is 0 Å². The maximum atomic E-state index is 12.2. The van der Waals surface area contributed by atoms with Gasteiger partial charge in [-0.15, -0.1) is 0 Å². The van der Waals surface area contributed by atoms with E-state index in [0.717, 1.165) is 5.56 Å². The zero-order valence-corrected chi connectivity index (χ0v) is 16.4. The van der Waals surface area contributed by atoms with Gasteiger partial charge in [0.2, 0.25) is 5.91 Å². The van der Waals surface area contributed by atoms with E-state index in [-0.39, 0.29) is 18.2 Å². The Morgan fingerprint density at radius 3 is 2.36 bits per heavy atom. The summed E-state index contributed by atoms with van der Waals surface area (Å²) < 4.78 is 4.78. The molecule has 1 atom stereocenters. The average molecular weight is 403 g/mol. The number of esters is 1. The van der Waals surface area contributed by atoms with Crippen molar-refractivity contribution in [2.75, 3.05) is 13.7 Å². The summed E-state index contributed by atoms with van der Waals surface area (Å²) in [7, 11) is 1.29. The monoisotopic (exact) mass is 402 g/mol. The number of carbonyl (C=O) groups excluding carboxylic acids is 3. The van der Waals surface area contributed by atoms with E-state index in [2.05, 4.69) is 10.6 Å². The fourth-order valence-electron chi connectivity index (χ4n) is 2.61. The molecule has 28 heavy (non-hydrogen) atoms. The quantitative estimate of drug-likeness (QED) is 0.499. The molecule has 0 aliphatic rings. The Morgan fingerprint density at radius 1 is 1.04 bits per heavy atom. The number of benzene rings is 2. The fraction of sp³-hybridized carbons (Fsp3) is 0.286. The van der Waals surface area contributed by atoms with Crippen molar-refractivity contribution in [3.05, 3.63) is 70.7 Å². The Hall–Kier alpha value is -2.86. The van der Waals surface area contributed by atoms with Gasteiger partial charge in [-0.05, 0) is 36.2 Å². The molecule has 0 saturated carbocycles. The molecule has 0 saturated heterocycles. The molecule has 2 aromatic rings. The third-order valence-corrected chi connectivity index (χ3v) is 4.33. The number of rotatable bonds is 9. The molecule has 0 fully saturated rings. The summed E-state index contributed by atoms with van der Waals surface area (Å²) in [5, 5.41) is 6.01. The second-order valence-corrected chi connectivity index (χ2v) is 6.64. The molecule has 2 aromatic carbocycles. The molecule has 2 rings (SSSR count). The lowest BCUT2D eigenvalue weighted by atomic mass is 10.1. The molecule has 6 nitrogen and oxygen atoms in total. The molecule has 148 valence electrons. The number of halogens is 1. The molecule has 0 aromatic heterocycles. The van der Waals surface area contributed by atoms with Gasteiger partial charge < -0.3 is 15.4 Å². The van der Waals surface area contributed by atoms with Gasteiger partial charge >= 0.3 is 5.97 Å².